The van der Waals surface area contributed by atoms with Crippen LogP contribution >= 0.6 is 0 Å². The van der Waals surface area contributed by atoms with Crippen molar-refractivity contribution in [2.75, 3.05) is 18.5 Å². The Bertz CT molecular complexity index is 1130. The SMILES string of the molecule is Cc1c[nH]c2ccc(NC(=O)c3ccc(S(=O)(=O)NCC4CCCO4)cc3)cc12. The summed E-state index contributed by atoms with van der Waals surface area (Å²) >= 11 is 0. The zero-order valence-electron chi connectivity index (χ0n) is 16.1. The second kappa shape index (κ2) is 7.98. The zero-order valence-corrected chi connectivity index (χ0v) is 16.9. The second-order valence-corrected chi connectivity index (χ2v) is 8.96. The maximum absolute atomic E-state index is 12.5. The Hall–Kier alpha value is -2.68. The number of nitrogens with one attached hydrogen (secondary N) is 3. The number of amides is 1. The number of anilines is 1. The molecule has 152 valence electrons. The van der Waals surface area contributed by atoms with Crippen molar-refractivity contribution in [1.29, 1.82) is 0 Å². The van der Waals surface area contributed by atoms with Gasteiger partial charge in [0.1, 0.15) is 0 Å². The van der Waals surface area contributed by atoms with Gasteiger partial charge in [0, 0.05) is 41.5 Å². The minimum absolute atomic E-state index is 0.0733. The van der Waals surface area contributed by atoms with Crippen molar-refractivity contribution in [3.8, 4) is 0 Å². The summed E-state index contributed by atoms with van der Waals surface area (Å²) in [5, 5.41) is 3.90. The van der Waals surface area contributed by atoms with Gasteiger partial charge in [0.25, 0.3) is 5.91 Å². The van der Waals surface area contributed by atoms with Gasteiger partial charge in [0.15, 0.2) is 0 Å². The fourth-order valence-corrected chi connectivity index (χ4v) is 4.48. The van der Waals surface area contributed by atoms with Crippen LogP contribution in [-0.2, 0) is 14.8 Å². The molecule has 8 heteroatoms. The van der Waals surface area contributed by atoms with Crippen molar-refractivity contribution < 1.29 is 17.9 Å². The summed E-state index contributed by atoms with van der Waals surface area (Å²) < 4.78 is 32.9. The molecule has 1 fully saturated rings. The summed E-state index contributed by atoms with van der Waals surface area (Å²) in [7, 11) is -3.64. The van der Waals surface area contributed by atoms with Crippen LogP contribution < -0.4 is 10.0 Å². The second-order valence-electron chi connectivity index (χ2n) is 7.20. The molecule has 1 amide bonds. The van der Waals surface area contributed by atoms with E-state index in [1.165, 1.54) is 24.3 Å². The monoisotopic (exact) mass is 413 g/mol. The van der Waals surface area contributed by atoms with Crippen LogP contribution in [-0.4, -0.2) is 38.6 Å². The maximum atomic E-state index is 12.5. The van der Waals surface area contributed by atoms with Crippen LogP contribution in [0.4, 0.5) is 5.69 Å². The number of hydrogen-bond acceptors (Lipinski definition) is 4. The number of aromatic nitrogens is 1. The van der Waals surface area contributed by atoms with E-state index in [0.717, 1.165) is 29.3 Å². The molecule has 0 spiro atoms. The highest BCUT2D eigenvalue weighted by Crippen LogP contribution is 2.22. The van der Waals surface area contributed by atoms with Gasteiger partial charge in [-0.1, -0.05) is 0 Å². The number of benzene rings is 2. The first-order valence-corrected chi connectivity index (χ1v) is 11.0. The first kappa shape index (κ1) is 19.6. The van der Waals surface area contributed by atoms with Gasteiger partial charge >= 0.3 is 0 Å². The van der Waals surface area contributed by atoms with Crippen LogP contribution in [0.5, 0.6) is 0 Å². The molecule has 3 aromatic rings. The Morgan fingerprint density at radius 3 is 2.72 bits per heavy atom. The van der Waals surface area contributed by atoms with E-state index in [9.17, 15) is 13.2 Å². The van der Waals surface area contributed by atoms with Gasteiger partial charge in [0.05, 0.1) is 11.0 Å². The van der Waals surface area contributed by atoms with Crippen molar-refractivity contribution in [3.63, 3.8) is 0 Å². The number of hydrogen-bond donors (Lipinski definition) is 3. The molecule has 0 aliphatic carbocycles. The number of rotatable bonds is 6. The molecule has 0 bridgehead atoms. The predicted molar refractivity (Wildman–Crippen MR) is 112 cm³/mol. The quantitative estimate of drug-likeness (QED) is 0.578. The van der Waals surface area contributed by atoms with Crippen molar-refractivity contribution in [1.82, 2.24) is 9.71 Å². The van der Waals surface area contributed by atoms with Crippen LogP contribution in [0.1, 0.15) is 28.8 Å². The van der Waals surface area contributed by atoms with Crippen LogP contribution in [0, 0.1) is 6.92 Å². The van der Waals surface area contributed by atoms with Crippen molar-refractivity contribution in [3.05, 3.63) is 59.8 Å². The van der Waals surface area contributed by atoms with Crippen LogP contribution in [0.2, 0.25) is 0 Å². The molecule has 2 aromatic carbocycles. The van der Waals surface area contributed by atoms with Gasteiger partial charge < -0.3 is 15.0 Å². The first-order valence-electron chi connectivity index (χ1n) is 9.53. The Morgan fingerprint density at radius 2 is 2.00 bits per heavy atom. The van der Waals surface area contributed by atoms with Crippen molar-refractivity contribution in [2.45, 2.75) is 30.8 Å². The standard InChI is InChI=1S/C21H23N3O4S/c1-14-12-22-20-9-6-16(11-19(14)20)24-21(25)15-4-7-18(8-5-15)29(26,27)23-13-17-3-2-10-28-17/h4-9,11-12,17,22-23H,2-3,10,13H2,1H3,(H,24,25). The van der Waals surface area contributed by atoms with E-state index in [0.29, 0.717) is 17.9 Å². The van der Waals surface area contributed by atoms with E-state index >= 15 is 0 Å². The van der Waals surface area contributed by atoms with E-state index in [4.69, 9.17) is 4.74 Å². The van der Waals surface area contributed by atoms with E-state index in [-0.39, 0.29) is 23.5 Å². The first-order chi connectivity index (χ1) is 13.9. The van der Waals surface area contributed by atoms with Gasteiger partial charge in [-0.2, -0.15) is 0 Å². The Kier molecular flexibility index (Phi) is 5.40. The van der Waals surface area contributed by atoms with Gasteiger partial charge in [-0.15, -0.1) is 0 Å². The summed E-state index contributed by atoms with van der Waals surface area (Å²) in [6, 6.07) is 11.5. The Labute approximate surface area is 169 Å². The maximum Gasteiger partial charge on any atom is 0.255 e. The lowest BCUT2D eigenvalue weighted by Crippen LogP contribution is -2.31. The summed E-state index contributed by atoms with van der Waals surface area (Å²) in [6.45, 7) is 2.93. The Morgan fingerprint density at radius 1 is 1.21 bits per heavy atom. The van der Waals surface area contributed by atoms with Crippen LogP contribution in [0.3, 0.4) is 0 Å². The lowest BCUT2D eigenvalue weighted by atomic mass is 10.1. The van der Waals surface area contributed by atoms with Gasteiger partial charge in [-0.25, -0.2) is 13.1 Å². The highest BCUT2D eigenvalue weighted by Gasteiger charge is 2.20. The molecule has 1 aromatic heterocycles. The molecular weight excluding hydrogens is 390 g/mol. The topological polar surface area (TPSA) is 100 Å². The third-order valence-electron chi connectivity index (χ3n) is 5.10. The van der Waals surface area contributed by atoms with Gasteiger partial charge in [-0.05, 0) is 67.8 Å². The Balaban J connectivity index is 1.43. The lowest BCUT2D eigenvalue weighted by Gasteiger charge is -2.12. The molecule has 1 aliphatic heterocycles. The summed E-state index contributed by atoms with van der Waals surface area (Å²) in [5.74, 6) is -0.297. The van der Waals surface area contributed by atoms with E-state index in [2.05, 4.69) is 15.0 Å². The van der Waals surface area contributed by atoms with E-state index in [1.807, 2.05) is 31.3 Å². The van der Waals surface area contributed by atoms with Crippen LogP contribution in [0.25, 0.3) is 10.9 Å². The van der Waals surface area contributed by atoms with E-state index < -0.39 is 10.0 Å². The molecule has 2 heterocycles. The number of ether oxygens (including phenoxy) is 1. The smallest absolute Gasteiger partial charge is 0.255 e. The molecular formula is C21H23N3O4S. The highest BCUT2D eigenvalue weighted by atomic mass is 32.2. The number of sulfonamides is 1. The zero-order chi connectivity index (χ0) is 20.4. The summed E-state index contributed by atoms with van der Waals surface area (Å²) in [5.41, 5.74) is 3.17. The van der Waals surface area contributed by atoms with Gasteiger partial charge in [-0.3, -0.25) is 4.79 Å². The largest absolute Gasteiger partial charge is 0.377 e. The van der Waals surface area contributed by atoms with E-state index in [1.54, 1.807) is 0 Å². The molecule has 1 unspecified atom stereocenters. The molecule has 1 atom stereocenters. The number of aromatic amines is 1. The fourth-order valence-electron chi connectivity index (χ4n) is 3.42. The molecule has 3 N–H and O–H groups in total. The predicted octanol–water partition coefficient (Wildman–Crippen LogP) is 3.19. The number of carbonyl (C=O) groups is 1. The average molecular weight is 413 g/mol. The number of fused-ring (bicyclic) bond motifs is 1. The fraction of sp³-hybridized carbons (Fsp3) is 0.286. The summed E-state index contributed by atoms with van der Waals surface area (Å²) in [4.78, 5) is 15.8. The lowest BCUT2D eigenvalue weighted by molar-refractivity contribution is 0.102. The highest BCUT2D eigenvalue weighted by molar-refractivity contribution is 7.89. The van der Waals surface area contributed by atoms with Crippen molar-refractivity contribution in [2.24, 2.45) is 0 Å². The molecule has 0 saturated carbocycles. The third kappa shape index (κ3) is 4.34. The number of carbonyl (C=O) groups excluding carboxylic acids is 1. The van der Waals surface area contributed by atoms with Crippen molar-refractivity contribution >= 4 is 32.5 Å². The molecule has 1 saturated heterocycles. The normalized spacial score (nSPS) is 16.9. The minimum atomic E-state index is -3.64. The minimum Gasteiger partial charge on any atom is -0.377 e. The van der Waals surface area contributed by atoms with Crippen LogP contribution in [0.15, 0.2) is 53.6 Å². The number of H-pyrrole nitrogens is 1. The molecule has 4 rings (SSSR count). The molecule has 0 radical (unpaired) electrons. The average Bonchev–Trinajstić information content (AvgIpc) is 3.37. The molecule has 29 heavy (non-hydrogen) atoms. The summed E-state index contributed by atoms with van der Waals surface area (Å²) in [6.07, 6.45) is 3.65. The number of aryl methyl sites for hydroxylation is 1. The molecule has 7 nitrogen and oxygen atoms in total. The van der Waals surface area contributed by atoms with Gasteiger partial charge in [0.2, 0.25) is 10.0 Å². The third-order valence-corrected chi connectivity index (χ3v) is 6.54. The molecule has 1 aliphatic rings.